The molecule has 28 heavy (non-hydrogen) atoms. The van der Waals surface area contributed by atoms with E-state index in [1.54, 1.807) is 17.2 Å². The Balaban J connectivity index is 1.59. The Morgan fingerprint density at radius 2 is 1.96 bits per heavy atom. The van der Waals surface area contributed by atoms with E-state index in [1.807, 2.05) is 49.7 Å². The molecule has 0 saturated carbocycles. The lowest BCUT2D eigenvalue weighted by atomic mass is 10.1. The van der Waals surface area contributed by atoms with Crippen molar-refractivity contribution in [2.75, 3.05) is 16.8 Å². The maximum absolute atomic E-state index is 12.9. The van der Waals surface area contributed by atoms with E-state index in [-0.39, 0.29) is 17.9 Å². The molecule has 1 fully saturated rings. The van der Waals surface area contributed by atoms with E-state index in [1.165, 1.54) is 0 Å². The van der Waals surface area contributed by atoms with Gasteiger partial charge in [-0.05, 0) is 57.5 Å². The average Bonchev–Trinajstić information content (AvgIpc) is 3.27. The summed E-state index contributed by atoms with van der Waals surface area (Å²) in [6.07, 6.45) is 3.18. The van der Waals surface area contributed by atoms with Crippen LogP contribution < -0.4 is 10.2 Å². The molecular weight excluding hydrogens is 354 g/mol. The summed E-state index contributed by atoms with van der Waals surface area (Å²) in [5.41, 5.74) is 3.57. The fourth-order valence-electron chi connectivity index (χ4n) is 3.55. The molecule has 0 radical (unpaired) electrons. The third-order valence-corrected chi connectivity index (χ3v) is 4.94. The first-order valence-electron chi connectivity index (χ1n) is 9.50. The maximum Gasteiger partial charge on any atom is 0.256 e. The molecule has 144 valence electrons. The van der Waals surface area contributed by atoms with Crippen LogP contribution in [0, 0.1) is 6.92 Å². The Hall–Kier alpha value is -3.22. The first-order valence-corrected chi connectivity index (χ1v) is 9.50. The van der Waals surface area contributed by atoms with Gasteiger partial charge in [0, 0.05) is 36.1 Å². The Labute approximate surface area is 163 Å². The second-order valence-electron chi connectivity index (χ2n) is 7.38. The molecule has 1 N–H and O–H groups in total. The smallest absolute Gasteiger partial charge is 0.256 e. The normalized spacial score (nSPS) is 14.3. The van der Waals surface area contributed by atoms with Crippen molar-refractivity contribution < 1.29 is 9.59 Å². The van der Waals surface area contributed by atoms with Crippen LogP contribution >= 0.6 is 0 Å². The summed E-state index contributed by atoms with van der Waals surface area (Å²) < 4.78 is 1.82. The monoisotopic (exact) mass is 377 g/mol. The minimum atomic E-state index is -0.205. The van der Waals surface area contributed by atoms with Gasteiger partial charge in [0.25, 0.3) is 5.91 Å². The number of aryl methyl sites for hydroxylation is 1. The van der Waals surface area contributed by atoms with Crippen LogP contribution in [0.5, 0.6) is 0 Å². The maximum atomic E-state index is 12.9. The number of fused-ring (bicyclic) bond motifs is 1. The number of pyridine rings is 1. The molecule has 2 aromatic heterocycles. The van der Waals surface area contributed by atoms with Crippen molar-refractivity contribution in [2.24, 2.45) is 0 Å². The van der Waals surface area contributed by atoms with Gasteiger partial charge in [0.2, 0.25) is 5.91 Å². The number of aromatic nitrogens is 3. The van der Waals surface area contributed by atoms with Crippen molar-refractivity contribution >= 4 is 34.2 Å². The highest BCUT2D eigenvalue weighted by Gasteiger charge is 2.22. The molecule has 7 nitrogen and oxygen atoms in total. The molecular formula is C21H23N5O2. The molecule has 4 rings (SSSR count). The Kier molecular flexibility index (Phi) is 4.58. The number of benzene rings is 1. The molecule has 3 aromatic rings. The fourth-order valence-corrected chi connectivity index (χ4v) is 3.55. The van der Waals surface area contributed by atoms with E-state index in [0.29, 0.717) is 23.3 Å². The van der Waals surface area contributed by atoms with E-state index in [4.69, 9.17) is 0 Å². The van der Waals surface area contributed by atoms with Gasteiger partial charge in [-0.3, -0.25) is 9.59 Å². The number of nitrogens with zero attached hydrogens (tertiary/aromatic N) is 4. The highest BCUT2D eigenvalue weighted by molar-refractivity contribution is 6.12. The average molecular weight is 377 g/mol. The van der Waals surface area contributed by atoms with Crippen LogP contribution in [-0.4, -0.2) is 33.1 Å². The molecule has 1 aliphatic rings. The molecule has 0 bridgehead atoms. The molecule has 2 amide bonds. The summed E-state index contributed by atoms with van der Waals surface area (Å²) in [5.74, 6) is -0.0580. The van der Waals surface area contributed by atoms with Crippen LogP contribution in [0.4, 0.5) is 11.4 Å². The second kappa shape index (κ2) is 7.07. The van der Waals surface area contributed by atoms with Gasteiger partial charge < -0.3 is 10.2 Å². The molecule has 0 unspecified atom stereocenters. The molecule has 0 aliphatic carbocycles. The topological polar surface area (TPSA) is 80.1 Å². The van der Waals surface area contributed by atoms with Gasteiger partial charge in [0.15, 0.2) is 5.65 Å². The van der Waals surface area contributed by atoms with E-state index >= 15 is 0 Å². The number of nitrogens with one attached hydrogen (secondary N) is 1. The van der Waals surface area contributed by atoms with Crippen molar-refractivity contribution in [1.82, 2.24) is 14.8 Å². The van der Waals surface area contributed by atoms with Crippen molar-refractivity contribution in [1.29, 1.82) is 0 Å². The highest BCUT2D eigenvalue weighted by Crippen LogP contribution is 2.25. The van der Waals surface area contributed by atoms with Crippen LogP contribution in [0.25, 0.3) is 11.0 Å². The summed E-state index contributed by atoms with van der Waals surface area (Å²) in [6, 6.07) is 9.31. The van der Waals surface area contributed by atoms with E-state index in [2.05, 4.69) is 15.4 Å². The largest absolute Gasteiger partial charge is 0.322 e. The van der Waals surface area contributed by atoms with Gasteiger partial charge >= 0.3 is 0 Å². The van der Waals surface area contributed by atoms with Crippen LogP contribution in [0.2, 0.25) is 0 Å². The summed E-state index contributed by atoms with van der Waals surface area (Å²) in [4.78, 5) is 31.1. The zero-order valence-corrected chi connectivity index (χ0v) is 16.3. The second-order valence-corrected chi connectivity index (χ2v) is 7.38. The van der Waals surface area contributed by atoms with Crippen molar-refractivity contribution in [3.63, 3.8) is 0 Å². The van der Waals surface area contributed by atoms with Crippen LogP contribution in [0.15, 0.2) is 36.5 Å². The van der Waals surface area contributed by atoms with Gasteiger partial charge in [0.05, 0.1) is 17.1 Å². The molecule has 3 heterocycles. The van der Waals surface area contributed by atoms with Crippen molar-refractivity contribution in [2.45, 2.75) is 39.7 Å². The highest BCUT2D eigenvalue weighted by atomic mass is 16.2. The lowest BCUT2D eigenvalue weighted by Crippen LogP contribution is -2.23. The third-order valence-electron chi connectivity index (χ3n) is 4.94. The molecule has 1 aromatic carbocycles. The molecule has 0 atom stereocenters. The number of carbonyl (C=O) groups excluding carboxylic acids is 2. The Morgan fingerprint density at radius 1 is 1.21 bits per heavy atom. The lowest BCUT2D eigenvalue weighted by molar-refractivity contribution is -0.117. The standard InChI is InChI=1S/C21H23N5O2/c1-13(2)26-20-18(12-22-26)17(11-14(3)23-20)21(28)24-15-6-8-16(9-7-15)25-10-4-5-19(25)27/h6-9,11-13H,4-5,10H2,1-3H3,(H,24,28). The summed E-state index contributed by atoms with van der Waals surface area (Å²) in [5, 5.41) is 8.06. The quantitative estimate of drug-likeness (QED) is 0.752. The van der Waals surface area contributed by atoms with Gasteiger partial charge in [-0.15, -0.1) is 0 Å². The lowest BCUT2D eigenvalue weighted by Gasteiger charge is -2.16. The zero-order valence-electron chi connectivity index (χ0n) is 16.3. The van der Waals surface area contributed by atoms with Gasteiger partial charge in [-0.1, -0.05) is 0 Å². The number of carbonyl (C=O) groups is 2. The van der Waals surface area contributed by atoms with E-state index in [0.717, 1.165) is 29.7 Å². The summed E-state index contributed by atoms with van der Waals surface area (Å²) in [7, 11) is 0. The van der Waals surface area contributed by atoms with Gasteiger partial charge in [-0.2, -0.15) is 5.10 Å². The van der Waals surface area contributed by atoms with Gasteiger partial charge in [-0.25, -0.2) is 9.67 Å². The summed E-state index contributed by atoms with van der Waals surface area (Å²) >= 11 is 0. The SMILES string of the molecule is Cc1cc(C(=O)Nc2ccc(N3CCCC3=O)cc2)c2cnn(C(C)C)c2n1. The Bertz CT molecular complexity index is 1050. The third kappa shape index (κ3) is 3.24. The van der Waals surface area contributed by atoms with Crippen molar-refractivity contribution in [3.05, 3.63) is 47.8 Å². The molecule has 1 saturated heterocycles. The fraction of sp³-hybridized carbons (Fsp3) is 0.333. The number of hydrogen-bond donors (Lipinski definition) is 1. The predicted octanol–water partition coefficient (Wildman–Crippen LogP) is 3.70. The summed E-state index contributed by atoms with van der Waals surface area (Å²) in [6.45, 7) is 6.68. The number of amides is 2. The number of anilines is 2. The zero-order chi connectivity index (χ0) is 19.8. The van der Waals surface area contributed by atoms with E-state index in [9.17, 15) is 9.59 Å². The predicted molar refractivity (Wildman–Crippen MR) is 109 cm³/mol. The minimum absolute atomic E-state index is 0.147. The minimum Gasteiger partial charge on any atom is -0.322 e. The van der Waals surface area contributed by atoms with Crippen LogP contribution in [-0.2, 0) is 4.79 Å². The molecule has 1 aliphatic heterocycles. The molecule has 7 heteroatoms. The van der Waals surface area contributed by atoms with Crippen LogP contribution in [0.1, 0.15) is 48.8 Å². The number of rotatable bonds is 4. The first kappa shape index (κ1) is 18.2. The van der Waals surface area contributed by atoms with Crippen LogP contribution in [0.3, 0.4) is 0 Å². The molecule has 0 spiro atoms. The van der Waals surface area contributed by atoms with Gasteiger partial charge in [0.1, 0.15) is 0 Å². The van der Waals surface area contributed by atoms with E-state index < -0.39 is 0 Å². The Morgan fingerprint density at radius 3 is 2.61 bits per heavy atom. The number of hydrogen-bond acceptors (Lipinski definition) is 4. The first-order chi connectivity index (χ1) is 13.4. The van der Waals surface area contributed by atoms with Crippen molar-refractivity contribution in [3.8, 4) is 0 Å².